The Morgan fingerprint density at radius 1 is 1.38 bits per heavy atom. The highest BCUT2D eigenvalue weighted by Gasteiger charge is 2.27. The molecule has 1 aliphatic carbocycles. The summed E-state index contributed by atoms with van der Waals surface area (Å²) in [5, 5.41) is 0.0618. The van der Waals surface area contributed by atoms with Crippen LogP contribution in [0, 0.1) is 12.8 Å². The summed E-state index contributed by atoms with van der Waals surface area (Å²) in [7, 11) is 1.40. The second-order valence-electron chi connectivity index (χ2n) is 5.33. The van der Waals surface area contributed by atoms with E-state index in [1.807, 2.05) is 6.92 Å². The van der Waals surface area contributed by atoms with Gasteiger partial charge in [0.2, 0.25) is 0 Å². The average Bonchev–Trinajstić information content (AvgIpc) is 3.20. The zero-order chi connectivity index (χ0) is 15.8. The Balaban J connectivity index is 2.38. The molecule has 0 heterocycles. The summed E-state index contributed by atoms with van der Waals surface area (Å²) in [5.74, 6) is 0.379. The Labute approximate surface area is 134 Å². The molecule has 4 nitrogen and oxygen atoms in total. The number of benzene rings is 1. The molecule has 1 saturated carbocycles. The van der Waals surface area contributed by atoms with Gasteiger partial charge in [-0.3, -0.25) is 4.79 Å². The number of hydrogen-bond acceptors (Lipinski definition) is 3. The summed E-state index contributed by atoms with van der Waals surface area (Å²) < 4.78 is 23.1. The Hall–Kier alpha value is -0.780. The van der Waals surface area contributed by atoms with Crippen molar-refractivity contribution >= 4 is 37.2 Å². The van der Waals surface area contributed by atoms with Crippen molar-refractivity contribution in [2.75, 3.05) is 13.1 Å². The molecule has 2 rings (SSSR count). The standard InChI is InChI=1S/C14H17Cl2NO3S/c1-3-17(8-10-4-5-10)14(18)11-6-9(2)13(15)12(7-11)21(16,19)20/h6-7,10H,3-5,8H2,1-2H3. The highest BCUT2D eigenvalue weighted by molar-refractivity contribution is 8.13. The van der Waals surface area contributed by atoms with Gasteiger partial charge in [-0.2, -0.15) is 0 Å². The van der Waals surface area contributed by atoms with Crippen molar-refractivity contribution in [1.82, 2.24) is 4.90 Å². The molecule has 0 N–H and O–H groups in total. The fourth-order valence-electron chi connectivity index (χ4n) is 2.19. The van der Waals surface area contributed by atoms with Crippen LogP contribution in [0.5, 0.6) is 0 Å². The lowest BCUT2D eigenvalue weighted by Crippen LogP contribution is -2.32. The minimum atomic E-state index is -3.99. The number of halogens is 2. The second kappa shape index (κ2) is 6.15. The molecular weight excluding hydrogens is 333 g/mol. The van der Waals surface area contributed by atoms with E-state index in [0.717, 1.165) is 12.8 Å². The Kier molecular flexibility index (Phi) is 4.85. The molecule has 1 aromatic carbocycles. The summed E-state index contributed by atoms with van der Waals surface area (Å²) in [6.45, 7) is 4.85. The van der Waals surface area contributed by atoms with Crippen molar-refractivity contribution in [2.45, 2.75) is 31.6 Å². The number of nitrogens with zero attached hydrogens (tertiary/aromatic N) is 1. The lowest BCUT2D eigenvalue weighted by molar-refractivity contribution is 0.0756. The normalized spacial score (nSPS) is 15.0. The van der Waals surface area contributed by atoms with Gasteiger partial charge in [0.15, 0.2) is 0 Å². The van der Waals surface area contributed by atoms with Crippen LogP contribution in [0.1, 0.15) is 35.7 Å². The van der Waals surface area contributed by atoms with Crippen LogP contribution in [0.25, 0.3) is 0 Å². The van der Waals surface area contributed by atoms with Gasteiger partial charge in [0.05, 0.1) is 5.02 Å². The molecule has 116 valence electrons. The van der Waals surface area contributed by atoms with Crippen LogP contribution in [-0.4, -0.2) is 32.3 Å². The largest absolute Gasteiger partial charge is 0.339 e. The van der Waals surface area contributed by atoms with Gasteiger partial charge in [-0.25, -0.2) is 8.42 Å². The van der Waals surface area contributed by atoms with Crippen LogP contribution in [0.2, 0.25) is 5.02 Å². The molecule has 1 aromatic rings. The van der Waals surface area contributed by atoms with Crippen molar-refractivity contribution in [2.24, 2.45) is 5.92 Å². The van der Waals surface area contributed by atoms with Crippen molar-refractivity contribution in [3.63, 3.8) is 0 Å². The molecule has 0 aliphatic heterocycles. The molecule has 0 aromatic heterocycles. The predicted molar refractivity (Wildman–Crippen MR) is 83.5 cm³/mol. The maximum atomic E-state index is 12.5. The number of carbonyl (C=O) groups is 1. The zero-order valence-electron chi connectivity index (χ0n) is 11.9. The average molecular weight is 350 g/mol. The van der Waals surface area contributed by atoms with Crippen LogP contribution >= 0.6 is 22.3 Å². The molecule has 7 heteroatoms. The first-order chi connectivity index (χ1) is 9.74. The Bertz CT molecular complexity index is 669. The minimum Gasteiger partial charge on any atom is -0.339 e. The summed E-state index contributed by atoms with van der Waals surface area (Å²) in [6.07, 6.45) is 2.29. The number of rotatable bonds is 5. The molecule has 21 heavy (non-hydrogen) atoms. The van der Waals surface area contributed by atoms with Crippen LogP contribution in [-0.2, 0) is 9.05 Å². The van der Waals surface area contributed by atoms with Gasteiger partial charge in [-0.05, 0) is 50.3 Å². The Morgan fingerprint density at radius 2 is 2.00 bits per heavy atom. The summed E-state index contributed by atoms with van der Waals surface area (Å²) >= 11 is 5.97. The smallest absolute Gasteiger partial charge is 0.262 e. The molecular formula is C14H17Cl2NO3S. The molecule has 0 atom stereocenters. The fourth-order valence-corrected chi connectivity index (χ4v) is 3.73. The van der Waals surface area contributed by atoms with E-state index in [-0.39, 0.29) is 15.8 Å². The molecule has 0 spiro atoms. The number of hydrogen-bond donors (Lipinski definition) is 0. The molecule has 0 bridgehead atoms. The zero-order valence-corrected chi connectivity index (χ0v) is 14.2. The van der Waals surface area contributed by atoms with Crippen LogP contribution in [0.4, 0.5) is 0 Å². The lowest BCUT2D eigenvalue weighted by atomic mass is 10.1. The summed E-state index contributed by atoms with van der Waals surface area (Å²) in [4.78, 5) is 14.0. The van der Waals surface area contributed by atoms with E-state index in [2.05, 4.69) is 0 Å². The maximum absolute atomic E-state index is 12.5. The lowest BCUT2D eigenvalue weighted by Gasteiger charge is -2.21. The molecule has 0 saturated heterocycles. The highest BCUT2D eigenvalue weighted by Crippen LogP contribution is 2.32. The van der Waals surface area contributed by atoms with E-state index >= 15 is 0 Å². The van der Waals surface area contributed by atoms with Gasteiger partial charge in [0.25, 0.3) is 15.0 Å². The van der Waals surface area contributed by atoms with Gasteiger partial charge < -0.3 is 4.90 Å². The monoisotopic (exact) mass is 349 g/mol. The Morgan fingerprint density at radius 3 is 2.48 bits per heavy atom. The van der Waals surface area contributed by atoms with E-state index in [9.17, 15) is 13.2 Å². The van der Waals surface area contributed by atoms with Crippen molar-refractivity contribution < 1.29 is 13.2 Å². The van der Waals surface area contributed by atoms with Crippen LogP contribution in [0.15, 0.2) is 17.0 Å². The summed E-state index contributed by atoms with van der Waals surface area (Å²) in [5.41, 5.74) is 0.822. The first-order valence-corrected chi connectivity index (χ1v) is 9.46. The number of aryl methyl sites for hydroxylation is 1. The third-order valence-corrected chi connectivity index (χ3v) is 5.54. The maximum Gasteiger partial charge on any atom is 0.262 e. The second-order valence-corrected chi connectivity index (χ2v) is 8.24. The first kappa shape index (κ1) is 16.6. The van der Waals surface area contributed by atoms with Crippen molar-refractivity contribution in [1.29, 1.82) is 0 Å². The summed E-state index contributed by atoms with van der Waals surface area (Å²) in [6, 6.07) is 2.86. The highest BCUT2D eigenvalue weighted by atomic mass is 35.7. The topological polar surface area (TPSA) is 54.5 Å². The van der Waals surface area contributed by atoms with E-state index in [4.69, 9.17) is 22.3 Å². The van der Waals surface area contributed by atoms with Gasteiger partial charge >= 0.3 is 0 Å². The quantitative estimate of drug-likeness (QED) is 0.765. The van der Waals surface area contributed by atoms with Gasteiger partial charge in [0.1, 0.15) is 4.90 Å². The number of amides is 1. The first-order valence-electron chi connectivity index (χ1n) is 6.78. The molecule has 0 unspecified atom stereocenters. The molecule has 0 radical (unpaired) electrons. The SMILES string of the molecule is CCN(CC1CC1)C(=O)c1cc(C)c(Cl)c(S(=O)(=O)Cl)c1. The van der Waals surface area contributed by atoms with Gasteiger partial charge in [-0.1, -0.05) is 11.6 Å². The predicted octanol–water partition coefficient (Wildman–Crippen LogP) is 3.45. The van der Waals surface area contributed by atoms with Gasteiger partial charge in [-0.15, -0.1) is 0 Å². The van der Waals surface area contributed by atoms with Crippen LogP contribution in [0.3, 0.4) is 0 Å². The minimum absolute atomic E-state index is 0.0618. The third-order valence-electron chi connectivity index (χ3n) is 3.58. The fraction of sp³-hybridized carbons (Fsp3) is 0.500. The van der Waals surface area contributed by atoms with Gasteiger partial charge in [0, 0.05) is 29.3 Å². The van der Waals surface area contributed by atoms with E-state index in [1.165, 1.54) is 6.07 Å². The van der Waals surface area contributed by atoms with E-state index in [0.29, 0.717) is 30.1 Å². The number of carbonyl (C=O) groups excluding carboxylic acids is 1. The van der Waals surface area contributed by atoms with Crippen LogP contribution < -0.4 is 0 Å². The van der Waals surface area contributed by atoms with Crippen molar-refractivity contribution in [3.8, 4) is 0 Å². The molecule has 1 fully saturated rings. The molecule has 1 amide bonds. The van der Waals surface area contributed by atoms with Crippen molar-refractivity contribution in [3.05, 3.63) is 28.3 Å². The van der Waals surface area contributed by atoms with E-state index in [1.54, 1.807) is 17.9 Å². The molecule has 1 aliphatic rings. The third kappa shape index (κ3) is 3.90. The van der Waals surface area contributed by atoms with E-state index < -0.39 is 9.05 Å².